The summed E-state index contributed by atoms with van der Waals surface area (Å²) in [5.74, 6) is 0. The molecule has 1 aromatic carbocycles. The Morgan fingerprint density at radius 2 is 2.16 bits per heavy atom. The van der Waals surface area contributed by atoms with Crippen molar-refractivity contribution in [2.75, 3.05) is 6.54 Å². The summed E-state index contributed by atoms with van der Waals surface area (Å²) in [5.41, 5.74) is 2.16. The van der Waals surface area contributed by atoms with E-state index in [2.05, 4.69) is 38.9 Å². The van der Waals surface area contributed by atoms with Crippen molar-refractivity contribution >= 4 is 22.4 Å². The van der Waals surface area contributed by atoms with Crippen LogP contribution in [0.1, 0.15) is 23.4 Å². The third-order valence-corrected chi connectivity index (χ3v) is 3.74. The first-order valence-electron chi connectivity index (χ1n) is 6.24. The predicted molar refractivity (Wildman–Crippen MR) is 77.2 cm³/mol. The number of para-hydroxylation sites is 1. The number of nitrogens with one attached hydrogen (secondary N) is 1. The lowest BCUT2D eigenvalue weighted by molar-refractivity contribution is 0.637. The molecule has 1 N–H and O–H groups in total. The third-order valence-electron chi connectivity index (χ3n) is 3.02. The van der Waals surface area contributed by atoms with E-state index in [1.54, 1.807) is 0 Å². The number of hydrogen-bond acceptors (Lipinski definition) is 5. The normalized spacial score (nSPS) is 12.7. The zero-order valence-electron chi connectivity index (χ0n) is 10.6. The van der Waals surface area contributed by atoms with Gasteiger partial charge < -0.3 is 5.32 Å². The van der Waals surface area contributed by atoms with E-state index >= 15 is 0 Å². The highest BCUT2D eigenvalue weighted by atomic mass is 32.1. The Morgan fingerprint density at radius 3 is 2.95 bits per heavy atom. The summed E-state index contributed by atoms with van der Waals surface area (Å²) in [4.78, 5) is 5.63. The van der Waals surface area contributed by atoms with Crippen LogP contribution in [-0.4, -0.2) is 21.1 Å². The van der Waals surface area contributed by atoms with E-state index in [0.29, 0.717) is 0 Å². The SMILES string of the molecule is CCNC(c1cnc2ccccc2c1)c1cnns1. The molecule has 0 aliphatic carbocycles. The topological polar surface area (TPSA) is 50.7 Å². The number of rotatable bonds is 4. The summed E-state index contributed by atoms with van der Waals surface area (Å²) in [6.45, 7) is 2.98. The lowest BCUT2D eigenvalue weighted by atomic mass is 10.1. The van der Waals surface area contributed by atoms with Crippen LogP contribution in [0.2, 0.25) is 0 Å². The molecule has 0 aliphatic heterocycles. The van der Waals surface area contributed by atoms with Crippen LogP contribution in [0.3, 0.4) is 0 Å². The average molecular weight is 270 g/mol. The van der Waals surface area contributed by atoms with Gasteiger partial charge in [0.1, 0.15) is 0 Å². The first-order valence-corrected chi connectivity index (χ1v) is 7.01. The van der Waals surface area contributed by atoms with Gasteiger partial charge in [-0.1, -0.05) is 29.6 Å². The molecule has 2 heterocycles. The predicted octanol–water partition coefficient (Wildman–Crippen LogP) is 2.79. The minimum Gasteiger partial charge on any atom is -0.306 e. The molecular weight excluding hydrogens is 256 g/mol. The van der Waals surface area contributed by atoms with Gasteiger partial charge in [0.2, 0.25) is 0 Å². The van der Waals surface area contributed by atoms with Crippen LogP contribution in [0, 0.1) is 0 Å². The fraction of sp³-hybridized carbons (Fsp3) is 0.214. The zero-order valence-corrected chi connectivity index (χ0v) is 11.4. The van der Waals surface area contributed by atoms with Crippen LogP contribution in [0.25, 0.3) is 10.9 Å². The molecule has 0 spiro atoms. The van der Waals surface area contributed by atoms with Crippen LogP contribution in [-0.2, 0) is 0 Å². The zero-order chi connectivity index (χ0) is 13.1. The molecule has 2 aromatic heterocycles. The Kier molecular flexibility index (Phi) is 3.48. The monoisotopic (exact) mass is 270 g/mol. The highest BCUT2D eigenvalue weighted by Crippen LogP contribution is 2.25. The van der Waals surface area contributed by atoms with Crippen LogP contribution >= 0.6 is 11.5 Å². The number of hydrogen-bond donors (Lipinski definition) is 1. The standard InChI is InChI=1S/C14H14N4S/c1-2-15-14(13-9-17-18-19-13)11-7-10-5-3-4-6-12(10)16-8-11/h3-9,14-15H,2H2,1H3. The van der Waals surface area contributed by atoms with Gasteiger partial charge in [0.25, 0.3) is 0 Å². The van der Waals surface area contributed by atoms with Crippen LogP contribution in [0.15, 0.2) is 42.7 Å². The van der Waals surface area contributed by atoms with Crippen molar-refractivity contribution in [3.63, 3.8) is 0 Å². The maximum Gasteiger partial charge on any atom is 0.0718 e. The molecule has 5 heteroatoms. The lowest BCUT2D eigenvalue weighted by Gasteiger charge is -2.16. The van der Waals surface area contributed by atoms with Crippen molar-refractivity contribution in [2.24, 2.45) is 0 Å². The molecule has 3 aromatic rings. The molecule has 0 saturated carbocycles. The summed E-state index contributed by atoms with van der Waals surface area (Å²) >= 11 is 1.42. The summed E-state index contributed by atoms with van der Waals surface area (Å²) in [6, 6.07) is 10.4. The first kappa shape index (κ1) is 12.2. The molecule has 0 fully saturated rings. The summed E-state index contributed by atoms with van der Waals surface area (Å²) < 4.78 is 3.94. The second-order valence-corrected chi connectivity index (χ2v) is 5.09. The van der Waals surface area contributed by atoms with E-state index in [1.807, 2.05) is 30.6 Å². The van der Waals surface area contributed by atoms with Crippen LogP contribution in [0.4, 0.5) is 0 Å². The molecule has 4 nitrogen and oxygen atoms in total. The fourth-order valence-electron chi connectivity index (χ4n) is 2.13. The van der Waals surface area contributed by atoms with Gasteiger partial charge in [-0.15, -0.1) is 5.10 Å². The highest BCUT2D eigenvalue weighted by Gasteiger charge is 2.16. The second kappa shape index (κ2) is 5.42. The number of nitrogens with zero attached hydrogens (tertiary/aromatic N) is 3. The largest absolute Gasteiger partial charge is 0.306 e. The Hall–Kier alpha value is -1.85. The molecule has 3 rings (SSSR count). The van der Waals surface area contributed by atoms with Gasteiger partial charge in [-0.25, -0.2) is 0 Å². The minimum atomic E-state index is 0.113. The van der Waals surface area contributed by atoms with Crippen molar-refractivity contribution in [3.8, 4) is 0 Å². The second-order valence-electron chi connectivity index (χ2n) is 4.27. The molecule has 1 unspecified atom stereocenters. The molecule has 0 aliphatic rings. The van der Waals surface area contributed by atoms with Gasteiger partial charge in [0.05, 0.1) is 22.6 Å². The summed E-state index contributed by atoms with van der Waals surface area (Å²) in [6.07, 6.45) is 3.74. The molecule has 96 valence electrons. The molecule has 0 radical (unpaired) electrons. The van der Waals surface area contributed by atoms with Gasteiger partial charge >= 0.3 is 0 Å². The molecule has 1 atom stereocenters. The Bertz CT molecular complexity index is 666. The maximum atomic E-state index is 4.52. The van der Waals surface area contributed by atoms with Gasteiger partial charge in [-0.3, -0.25) is 4.98 Å². The van der Waals surface area contributed by atoms with Gasteiger partial charge in [0, 0.05) is 11.6 Å². The number of fused-ring (bicyclic) bond motifs is 1. The smallest absolute Gasteiger partial charge is 0.0718 e. The van der Waals surface area contributed by atoms with Crippen molar-refractivity contribution in [1.82, 2.24) is 19.9 Å². The Morgan fingerprint density at radius 1 is 1.26 bits per heavy atom. The van der Waals surface area contributed by atoms with E-state index in [4.69, 9.17) is 0 Å². The molecule has 0 bridgehead atoms. The van der Waals surface area contributed by atoms with Crippen molar-refractivity contribution < 1.29 is 0 Å². The van der Waals surface area contributed by atoms with Crippen LogP contribution in [0.5, 0.6) is 0 Å². The quantitative estimate of drug-likeness (QED) is 0.792. The Labute approximate surface area is 115 Å². The van der Waals surface area contributed by atoms with Crippen molar-refractivity contribution in [3.05, 3.63) is 53.2 Å². The van der Waals surface area contributed by atoms with Gasteiger partial charge in [-0.05, 0) is 35.8 Å². The number of aromatic nitrogens is 3. The van der Waals surface area contributed by atoms with Gasteiger partial charge in [0.15, 0.2) is 0 Å². The lowest BCUT2D eigenvalue weighted by Crippen LogP contribution is -2.21. The van der Waals surface area contributed by atoms with Crippen molar-refractivity contribution in [1.29, 1.82) is 0 Å². The third kappa shape index (κ3) is 2.47. The van der Waals surface area contributed by atoms with E-state index in [9.17, 15) is 0 Å². The van der Waals surface area contributed by atoms with E-state index in [1.165, 1.54) is 11.5 Å². The summed E-state index contributed by atoms with van der Waals surface area (Å²) in [7, 11) is 0. The molecule has 0 saturated heterocycles. The van der Waals surface area contributed by atoms with Crippen molar-refractivity contribution in [2.45, 2.75) is 13.0 Å². The van der Waals surface area contributed by atoms with E-state index < -0.39 is 0 Å². The number of benzene rings is 1. The molecular formula is C14H14N4S. The summed E-state index contributed by atoms with van der Waals surface area (Å²) in [5, 5.41) is 8.53. The minimum absolute atomic E-state index is 0.113. The molecule has 19 heavy (non-hydrogen) atoms. The average Bonchev–Trinajstić information content (AvgIpc) is 2.98. The van der Waals surface area contributed by atoms with E-state index in [0.717, 1.165) is 27.9 Å². The number of pyridine rings is 1. The highest BCUT2D eigenvalue weighted by molar-refractivity contribution is 7.05. The Balaban J connectivity index is 2.05. The first-order chi connectivity index (χ1) is 9.38. The van der Waals surface area contributed by atoms with Gasteiger partial charge in [-0.2, -0.15) is 0 Å². The molecule has 0 amide bonds. The van der Waals surface area contributed by atoms with E-state index in [-0.39, 0.29) is 6.04 Å². The van der Waals surface area contributed by atoms with Crippen LogP contribution < -0.4 is 5.32 Å². The fourth-order valence-corrected chi connectivity index (χ4v) is 2.74. The maximum absolute atomic E-state index is 4.52.